The molecule has 0 bridgehead atoms. The van der Waals surface area contributed by atoms with E-state index < -0.39 is 0 Å². The number of fused-ring (bicyclic) bond motifs is 1. The van der Waals surface area contributed by atoms with Crippen LogP contribution in [0.1, 0.15) is 5.56 Å². The second-order valence-electron chi connectivity index (χ2n) is 4.20. The summed E-state index contributed by atoms with van der Waals surface area (Å²) in [7, 11) is 0. The van der Waals surface area contributed by atoms with E-state index in [0.29, 0.717) is 6.42 Å². The van der Waals surface area contributed by atoms with Gasteiger partial charge in [0.05, 0.1) is 12.1 Å². The van der Waals surface area contributed by atoms with Crippen molar-refractivity contribution in [1.29, 1.82) is 0 Å². The molecule has 0 saturated heterocycles. The third-order valence-corrected chi connectivity index (χ3v) is 4.29. The molecule has 2 nitrogen and oxygen atoms in total. The Morgan fingerprint density at radius 1 is 1.06 bits per heavy atom. The second-order valence-corrected chi connectivity index (χ2v) is 5.91. The lowest BCUT2D eigenvalue weighted by molar-refractivity contribution is -0.115. The third kappa shape index (κ3) is 1.99. The fraction of sp³-hybridized carbons (Fsp3) is 0.0714. The molecule has 18 heavy (non-hydrogen) atoms. The van der Waals surface area contributed by atoms with Gasteiger partial charge in [-0.25, -0.2) is 0 Å². The summed E-state index contributed by atoms with van der Waals surface area (Å²) in [5.41, 5.74) is 4.17. The van der Waals surface area contributed by atoms with E-state index in [1.54, 1.807) is 0 Å². The minimum absolute atomic E-state index is 0.0509. The molecule has 0 radical (unpaired) electrons. The van der Waals surface area contributed by atoms with Crippen LogP contribution in [0, 0.1) is 0 Å². The van der Waals surface area contributed by atoms with Gasteiger partial charge in [0.1, 0.15) is 0 Å². The van der Waals surface area contributed by atoms with Gasteiger partial charge in [-0.15, -0.1) is 0 Å². The molecule has 0 spiro atoms. The van der Waals surface area contributed by atoms with Crippen molar-refractivity contribution in [3.8, 4) is 11.1 Å². The molecule has 0 saturated carbocycles. The molecule has 2 aromatic rings. The molecule has 1 heterocycles. The van der Waals surface area contributed by atoms with Gasteiger partial charge in [-0.05, 0) is 50.8 Å². The second kappa shape index (κ2) is 4.52. The molecular formula is C14H9Br2NO. The van der Waals surface area contributed by atoms with Crippen molar-refractivity contribution in [2.45, 2.75) is 6.42 Å². The van der Waals surface area contributed by atoms with Gasteiger partial charge >= 0.3 is 0 Å². The van der Waals surface area contributed by atoms with E-state index in [1.165, 1.54) is 0 Å². The van der Waals surface area contributed by atoms with Crippen molar-refractivity contribution < 1.29 is 4.79 Å². The minimum Gasteiger partial charge on any atom is -0.325 e. The predicted octanol–water partition coefficient (Wildman–Crippen LogP) is 4.37. The largest absolute Gasteiger partial charge is 0.325 e. The van der Waals surface area contributed by atoms with Gasteiger partial charge in [-0.3, -0.25) is 4.79 Å². The Bertz CT molecular complexity index is 652. The highest BCUT2D eigenvalue weighted by Crippen LogP contribution is 2.38. The summed E-state index contributed by atoms with van der Waals surface area (Å²) in [6.07, 6.45) is 0.451. The Balaban J connectivity index is 2.16. The number of hydrogen-bond acceptors (Lipinski definition) is 1. The van der Waals surface area contributed by atoms with Crippen LogP contribution in [0.25, 0.3) is 11.1 Å². The molecule has 90 valence electrons. The van der Waals surface area contributed by atoms with E-state index in [-0.39, 0.29) is 5.91 Å². The number of nitrogens with one attached hydrogen (secondary N) is 1. The Morgan fingerprint density at radius 3 is 2.61 bits per heavy atom. The molecule has 0 atom stereocenters. The maximum absolute atomic E-state index is 11.4. The summed E-state index contributed by atoms with van der Waals surface area (Å²) in [4.78, 5) is 11.4. The first-order chi connectivity index (χ1) is 8.65. The van der Waals surface area contributed by atoms with E-state index in [4.69, 9.17) is 0 Å². The van der Waals surface area contributed by atoms with Crippen LogP contribution in [0.4, 0.5) is 5.69 Å². The van der Waals surface area contributed by atoms with Gasteiger partial charge in [-0.1, -0.05) is 34.1 Å². The molecular weight excluding hydrogens is 358 g/mol. The minimum atomic E-state index is 0.0509. The van der Waals surface area contributed by atoms with Gasteiger partial charge in [-0.2, -0.15) is 0 Å². The number of carbonyl (C=O) groups is 1. The van der Waals surface area contributed by atoms with Crippen molar-refractivity contribution in [2.75, 3.05) is 5.32 Å². The molecule has 1 amide bonds. The highest BCUT2D eigenvalue weighted by Gasteiger charge is 2.21. The number of amides is 1. The zero-order chi connectivity index (χ0) is 12.7. The van der Waals surface area contributed by atoms with Crippen LogP contribution >= 0.6 is 31.9 Å². The monoisotopic (exact) mass is 365 g/mol. The fourth-order valence-electron chi connectivity index (χ4n) is 2.15. The van der Waals surface area contributed by atoms with Crippen molar-refractivity contribution in [1.82, 2.24) is 0 Å². The van der Waals surface area contributed by atoms with Gasteiger partial charge in [0.2, 0.25) is 5.91 Å². The average Bonchev–Trinajstić information content (AvgIpc) is 2.71. The molecule has 0 aliphatic carbocycles. The Labute approximate surface area is 122 Å². The maximum atomic E-state index is 11.4. The lowest BCUT2D eigenvalue weighted by atomic mass is 10.0. The SMILES string of the molecule is O=C1Cc2cc(-c3ccccc3Br)cc(Br)c2N1. The summed E-state index contributed by atoms with van der Waals surface area (Å²) < 4.78 is 1.98. The van der Waals surface area contributed by atoms with Crippen LogP contribution in [0.2, 0.25) is 0 Å². The van der Waals surface area contributed by atoms with Crippen molar-refractivity contribution in [3.05, 3.63) is 50.9 Å². The maximum Gasteiger partial charge on any atom is 0.228 e. The number of benzene rings is 2. The zero-order valence-corrected chi connectivity index (χ0v) is 12.5. The molecule has 0 unspecified atom stereocenters. The van der Waals surface area contributed by atoms with E-state index >= 15 is 0 Å². The first-order valence-corrected chi connectivity index (χ1v) is 7.11. The Hall–Kier alpha value is -1.13. The van der Waals surface area contributed by atoms with Gasteiger partial charge < -0.3 is 5.32 Å². The summed E-state index contributed by atoms with van der Waals surface area (Å²) in [6, 6.07) is 12.2. The Morgan fingerprint density at radius 2 is 1.83 bits per heavy atom. The van der Waals surface area contributed by atoms with Gasteiger partial charge in [0.25, 0.3) is 0 Å². The lowest BCUT2D eigenvalue weighted by Crippen LogP contribution is -2.03. The van der Waals surface area contributed by atoms with Crippen molar-refractivity contribution >= 4 is 43.5 Å². The molecule has 2 aromatic carbocycles. The van der Waals surface area contributed by atoms with Crippen LogP contribution in [0.3, 0.4) is 0 Å². The number of halogens is 2. The van der Waals surface area contributed by atoms with Crippen molar-refractivity contribution in [3.63, 3.8) is 0 Å². The van der Waals surface area contributed by atoms with Crippen LogP contribution in [-0.4, -0.2) is 5.91 Å². The van der Waals surface area contributed by atoms with Crippen molar-refractivity contribution in [2.24, 2.45) is 0 Å². The topological polar surface area (TPSA) is 29.1 Å². The van der Waals surface area contributed by atoms with E-state index in [0.717, 1.165) is 31.3 Å². The van der Waals surface area contributed by atoms with Gasteiger partial charge in [0.15, 0.2) is 0 Å². The van der Waals surface area contributed by atoms with Crippen LogP contribution in [0.5, 0.6) is 0 Å². The van der Waals surface area contributed by atoms with Crippen LogP contribution in [0.15, 0.2) is 45.3 Å². The molecule has 1 N–H and O–H groups in total. The van der Waals surface area contributed by atoms with Gasteiger partial charge in [0, 0.05) is 8.95 Å². The van der Waals surface area contributed by atoms with E-state index in [1.807, 2.05) is 24.3 Å². The van der Waals surface area contributed by atoms with E-state index in [2.05, 4.69) is 49.3 Å². The number of anilines is 1. The average molecular weight is 367 g/mol. The molecule has 1 aliphatic heterocycles. The predicted molar refractivity (Wildman–Crippen MR) is 79.6 cm³/mol. The van der Waals surface area contributed by atoms with Crippen LogP contribution < -0.4 is 5.32 Å². The number of rotatable bonds is 1. The first-order valence-electron chi connectivity index (χ1n) is 5.52. The molecule has 4 heteroatoms. The lowest BCUT2D eigenvalue weighted by Gasteiger charge is -2.09. The standard InChI is InChI=1S/C14H9Br2NO/c15-11-4-2-1-3-10(11)8-5-9-7-13(18)17-14(9)12(16)6-8/h1-6H,7H2,(H,17,18). The molecule has 0 aromatic heterocycles. The third-order valence-electron chi connectivity index (χ3n) is 2.97. The smallest absolute Gasteiger partial charge is 0.228 e. The summed E-state index contributed by atoms with van der Waals surface area (Å²) in [6.45, 7) is 0. The molecule has 3 rings (SSSR count). The van der Waals surface area contributed by atoms with E-state index in [9.17, 15) is 4.79 Å². The summed E-state index contributed by atoms with van der Waals surface area (Å²) in [5, 5.41) is 2.86. The highest BCUT2D eigenvalue weighted by atomic mass is 79.9. The normalized spacial score (nSPS) is 13.3. The molecule has 1 aliphatic rings. The number of hydrogen-bond donors (Lipinski definition) is 1. The van der Waals surface area contributed by atoms with Crippen LogP contribution in [-0.2, 0) is 11.2 Å². The summed E-state index contributed by atoms with van der Waals surface area (Å²) >= 11 is 7.07. The molecule has 0 fully saturated rings. The first kappa shape index (κ1) is 11.9. The highest BCUT2D eigenvalue weighted by molar-refractivity contribution is 9.11. The zero-order valence-electron chi connectivity index (χ0n) is 9.34. The fourth-order valence-corrected chi connectivity index (χ4v) is 3.26. The summed E-state index contributed by atoms with van der Waals surface area (Å²) in [5.74, 6) is 0.0509. The quantitative estimate of drug-likeness (QED) is 0.797. The number of carbonyl (C=O) groups excluding carboxylic acids is 1. The Kier molecular flexibility index (Phi) is 2.99.